The monoisotopic (exact) mass is 261 g/mol. The molecule has 1 aromatic rings. The number of nitrogens with zero attached hydrogens (tertiary/aromatic N) is 1. The van der Waals surface area contributed by atoms with E-state index < -0.39 is 0 Å². The molecule has 0 N–H and O–H groups in total. The molecule has 0 radical (unpaired) electrons. The molecular formula is C15H19NO3. The number of rotatable bonds is 5. The minimum absolute atomic E-state index is 0.0458. The first-order valence-electron chi connectivity index (χ1n) is 6.68. The van der Waals surface area contributed by atoms with Gasteiger partial charge in [-0.3, -0.25) is 9.59 Å². The van der Waals surface area contributed by atoms with Gasteiger partial charge >= 0.3 is 5.97 Å². The maximum Gasteiger partial charge on any atom is 0.325 e. The van der Waals surface area contributed by atoms with Crippen LogP contribution in [0.15, 0.2) is 24.3 Å². The van der Waals surface area contributed by atoms with Gasteiger partial charge in [0.1, 0.15) is 6.54 Å². The van der Waals surface area contributed by atoms with Gasteiger partial charge in [-0.1, -0.05) is 24.3 Å². The minimum atomic E-state index is -0.339. The van der Waals surface area contributed by atoms with Crippen LogP contribution in [-0.2, 0) is 27.2 Å². The lowest BCUT2D eigenvalue weighted by Gasteiger charge is -2.31. The third-order valence-corrected chi connectivity index (χ3v) is 3.54. The molecule has 4 nitrogen and oxygen atoms in total. The van der Waals surface area contributed by atoms with Crippen LogP contribution in [0.1, 0.15) is 24.5 Å². The Morgan fingerprint density at radius 3 is 2.84 bits per heavy atom. The largest absolute Gasteiger partial charge is 0.465 e. The van der Waals surface area contributed by atoms with Crippen LogP contribution in [0.3, 0.4) is 0 Å². The van der Waals surface area contributed by atoms with Crippen molar-refractivity contribution >= 4 is 12.4 Å². The van der Waals surface area contributed by atoms with Crippen LogP contribution >= 0.6 is 0 Å². The number of ether oxygens (including phenoxy) is 1. The van der Waals surface area contributed by atoms with Gasteiger partial charge in [0, 0.05) is 6.04 Å². The zero-order valence-electron chi connectivity index (χ0n) is 11.2. The maximum atomic E-state index is 11.5. The number of amides is 1. The fraction of sp³-hybridized carbons (Fsp3) is 0.467. The minimum Gasteiger partial charge on any atom is -0.465 e. The van der Waals surface area contributed by atoms with E-state index in [1.54, 1.807) is 11.8 Å². The molecule has 1 aromatic carbocycles. The second kappa shape index (κ2) is 6.36. The third-order valence-electron chi connectivity index (χ3n) is 3.54. The smallest absolute Gasteiger partial charge is 0.325 e. The number of benzene rings is 1. The number of hydrogen-bond donors (Lipinski definition) is 0. The summed E-state index contributed by atoms with van der Waals surface area (Å²) in [6, 6.07) is 8.36. The SMILES string of the molecule is CCOC(=O)CN(C=O)C1CCc2ccccc2C1. The van der Waals surface area contributed by atoms with Crippen molar-refractivity contribution in [2.75, 3.05) is 13.2 Å². The molecular weight excluding hydrogens is 242 g/mol. The molecule has 19 heavy (non-hydrogen) atoms. The van der Waals surface area contributed by atoms with E-state index >= 15 is 0 Å². The first kappa shape index (κ1) is 13.6. The summed E-state index contributed by atoms with van der Waals surface area (Å²) in [7, 11) is 0. The molecule has 0 aromatic heterocycles. The van der Waals surface area contributed by atoms with Crippen LogP contribution < -0.4 is 0 Å². The van der Waals surface area contributed by atoms with Gasteiger partial charge in [-0.15, -0.1) is 0 Å². The molecule has 1 aliphatic rings. The normalized spacial score (nSPS) is 17.4. The average Bonchev–Trinajstić information content (AvgIpc) is 2.44. The molecule has 0 saturated carbocycles. The summed E-state index contributed by atoms with van der Waals surface area (Å²) in [5, 5.41) is 0. The lowest BCUT2D eigenvalue weighted by molar-refractivity contribution is -0.147. The number of carbonyl (C=O) groups is 2. The van der Waals surface area contributed by atoms with Crippen LogP contribution in [0, 0.1) is 0 Å². The highest BCUT2D eigenvalue weighted by molar-refractivity contribution is 5.74. The Hall–Kier alpha value is -1.84. The zero-order valence-corrected chi connectivity index (χ0v) is 11.2. The second-order valence-electron chi connectivity index (χ2n) is 4.75. The maximum absolute atomic E-state index is 11.5. The van der Waals surface area contributed by atoms with Gasteiger partial charge in [0.15, 0.2) is 0 Å². The predicted molar refractivity (Wildman–Crippen MR) is 71.7 cm³/mol. The molecule has 1 unspecified atom stereocenters. The molecule has 0 heterocycles. The van der Waals surface area contributed by atoms with Crippen molar-refractivity contribution in [2.24, 2.45) is 0 Å². The van der Waals surface area contributed by atoms with Crippen molar-refractivity contribution in [3.63, 3.8) is 0 Å². The Morgan fingerprint density at radius 2 is 2.16 bits per heavy atom. The van der Waals surface area contributed by atoms with Gasteiger partial charge in [0.05, 0.1) is 6.61 Å². The van der Waals surface area contributed by atoms with Gasteiger partial charge < -0.3 is 9.64 Å². The Morgan fingerprint density at radius 1 is 1.42 bits per heavy atom. The molecule has 1 atom stereocenters. The molecule has 102 valence electrons. The van der Waals surface area contributed by atoms with E-state index in [1.807, 2.05) is 12.1 Å². The standard InChI is InChI=1S/C15H19NO3/c1-2-19-15(18)10-16(11-17)14-8-7-12-5-3-4-6-13(12)9-14/h3-6,11,14H,2,7-10H2,1H3. The summed E-state index contributed by atoms with van der Waals surface area (Å²) in [4.78, 5) is 24.2. The summed E-state index contributed by atoms with van der Waals surface area (Å²) >= 11 is 0. The fourth-order valence-corrected chi connectivity index (χ4v) is 2.57. The molecule has 4 heteroatoms. The summed E-state index contributed by atoms with van der Waals surface area (Å²) < 4.78 is 4.89. The first-order valence-corrected chi connectivity index (χ1v) is 6.68. The van der Waals surface area contributed by atoms with Crippen molar-refractivity contribution in [2.45, 2.75) is 32.2 Å². The van der Waals surface area contributed by atoms with Crippen LogP contribution in [0.4, 0.5) is 0 Å². The Labute approximate surface area is 113 Å². The predicted octanol–water partition coefficient (Wildman–Crippen LogP) is 1.57. The van der Waals surface area contributed by atoms with Gasteiger partial charge in [-0.05, 0) is 37.3 Å². The van der Waals surface area contributed by atoms with Crippen LogP contribution in [0.25, 0.3) is 0 Å². The Kier molecular flexibility index (Phi) is 4.55. The molecule has 0 bridgehead atoms. The fourth-order valence-electron chi connectivity index (χ4n) is 2.57. The average molecular weight is 261 g/mol. The zero-order chi connectivity index (χ0) is 13.7. The number of fused-ring (bicyclic) bond motifs is 1. The van der Waals surface area contributed by atoms with Gasteiger partial charge in [-0.2, -0.15) is 0 Å². The summed E-state index contributed by atoms with van der Waals surface area (Å²) in [5.74, 6) is -0.339. The third kappa shape index (κ3) is 3.34. The molecule has 0 saturated heterocycles. The summed E-state index contributed by atoms with van der Waals surface area (Å²) in [5.41, 5.74) is 2.62. The van der Waals surface area contributed by atoms with E-state index in [1.165, 1.54) is 11.1 Å². The van der Waals surface area contributed by atoms with Crippen LogP contribution in [0.2, 0.25) is 0 Å². The Bertz CT molecular complexity index is 458. The lowest BCUT2D eigenvalue weighted by Crippen LogP contribution is -2.41. The number of esters is 1. The highest BCUT2D eigenvalue weighted by Crippen LogP contribution is 2.23. The molecule has 0 fully saturated rings. The van der Waals surface area contributed by atoms with Gasteiger partial charge in [-0.25, -0.2) is 0 Å². The van der Waals surface area contributed by atoms with E-state index in [4.69, 9.17) is 4.74 Å². The van der Waals surface area contributed by atoms with E-state index in [9.17, 15) is 9.59 Å². The van der Waals surface area contributed by atoms with Gasteiger partial charge in [0.2, 0.25) is 6.41 Å². The molecule has 1 amide bonds. The number of carbonyl (C=O) groups excluding carboxylic acids is 2. The molecule has 2 rings (SSSR count). The van der Waals surface area contributed by atoms with Crippen molar-refractivity contribution in [1.29, 1.82) is 0 Å². The van der Waals surface area contributed by atoms with Crippen LogP contribution in [0.5, 0.6) is 0 Å². The number of hydrogen-bond acceptors (Lipinski definition) is 3. The highest BCUT2D eigenvalue weighted by atomic mass is 16.5. The Balaban J connectivity index is 2.01. The molecule has 0 aliphatic heterocycles. The second-order valence-corrected chi connectivity index (χ2v) is 4.75. The lowest BCUT2D eigenvalue weighted by atomic mass is 9.88. The van der Waals surface area contributed by atoms with E-state index in [0.717, 1.165) is 25.7 Å². The van der Waals surface area contributed by atoms with Crippen molar-refractivity contribution in [3.05, 3.63) is 35.4 Å². The van der Waals surface area contributed by atoms with Gasteiger partial charge in [0.25, 0.3) is 0 Å². The van der Waals surface area contributed by atoms with E-state index in [0.29, 0.717) is 6.61 Å². The van der Waals surface area contributed by atoms with Crippen molar-refractivity contribution < 1.29 is 14.3 Å². The summed E-state index contributed by atoms with van der Waals surface area (Å²) in [6.07, 6.45) is 3.42. The quantitative estimate of drug-likeness (QED) is 0.597. The topological polar surface area (TPSA) is 46.6 Å². The van der Waals surface area contributed by atoms with Crippen molar-refractivity contribution in [1.82, 2.24) is 4.90 Å². The highest BCUT2D eigenvalue weighted by Gasteiger charge is 2.24. The number of aryl methyl sites for hydroxylation is 1. The van der Waals surface area contributed by atoms with Crippen LogP contribution in [-0.4, -0.2) is 36.5 Å². The van der Waals surface area contributed by atoms with E-state index in [-0.39, 0.29) is 18.6 Å². The van der Waals surface area contributed by atoms with E-state index in [2.05, 4.69) is 12.1 Å². The first-order chi connectivity index (χ1) is 9.24. The molecule has 0 spiro atoms. The molecule has 1 aliphatic carbocycles. The summed E-state index contributed by atoms with van der Waals surface area (Å²) in [6.45, 7) is 2.16. The van der Waals surface area contributed by atoms with Crippen molar-refractivity contribution in [3.8, 4) is 0 Å².